The van der Waals surface area contributed by atoms with Crippen LogP contribution in [0.2, 0.25) is 0 Å². The van der Waals surface area contributed by atoms with E-state index in [9.17, 15) is 13.9 Å². The second kappa shape index (κ2) is 4.44. The molecule has 3 nitrogen and oxygen atoms in total. The maximum atomic E-state index is 13.4. The summed E-state index contributed by atoms with van der Waals surface area (Å²) >= 11 is 0. The molecule has 0 fully saturated rings. The van der Waals surface area contributed by atoms with Crippen molar-refractivity contribution < 1.29 is 18.6 Å². The zero-order chi connectivity index (χ0) is 11.5. The van der Waals surface area contributed by atoms with Crippen LogP contribution in [0.5, 0.6) is 11.5 Å². The fourth-order valence-electron chi connectivity index (χ4n) is 1.24. The first-order valence-corrected chi connectivity index (χ1v) is 4.41. The summed E-state index contributed by atoms with van der Waals surface area (Å²) in [6.07, 6.45) is 0. The lowest BCUT2D eigenvalue weighted by Crippen LogP contribution is -2.27. The predicted molar refractivity (Wildman–Crippen MR) is 52.5 cm³/mol. The zero-order valence-corrected chi connectivity index (χ0v) is 8.55. The van der Waals surface area contributed by atoms with E-state index in [1.165, 1.54) is 26.3 Å². The zero-order valence-electron chi connectivity index (χ0n) is 8.55. The molecule has 1 aromatic rings. The van der Waals surface area contributed by atoms with Crippen LogP contribution in [0.1, 0.15) is 5.56 Å². The van der Waals surface area contributed by atoms with Gasteiger partial charge in [0.05, 0.1) is 13.7 Å². The van der Waals surface area contributed by atoms with E-state index in [2.05, 4.69) is 5.32 Å². The third-order valence-electron chi connectivity index (χ3n) is 2.00. The van der Waals surface area contributed by atoms with Crippen molar-refractivity contribution in [2.45, 2.75) is 5.92 Å². The van der Waals surface area contributed by atoms with E-state index < -0.39 is 12.5 Å². The Labute approximate surface area is 86.7 Å². The molecular formula is C10H13F2NO2. The van der Waals surface area contributed by atoms with Crippen LogP contribution in [0, 0.1) is 0 Å². The molecule has 0 radical (unpaired) electrons. The number of rotatable bonds is 4. The van der Waals surface area contributed by atoms with E-state index >= 15 is 0 Å². The van der Waals surface area contributed by atoms with Crippen LogP contribution >= 0.6 is 0 Å². The molecule has 1 rings (SSSR count). The van der Waals surface area contributed by atoms with Gasteiger partial charge in [-0.3, -0.25) is 0 Å². The molecule has 0 unspecified atom stereocenters. The highest BCUT2D eigenvalue weighted by atomic mass is 19.3. The fraction of sp³-hybridized carbons (Fsp3) is 0.400. The first-order chi connectivity index (χ1) is 7.01. The Morgan fingerprint density at radius 1 is 1.47 bits per heavy atom. The highest BCUT2D eigenvalue weighted by Crippen LogP contribution is 2.34. The molecule has 0 amide bonds. The van der Waals surface area contributed by atoms with Gasteiger partial charge in [-0.25, -0.2) is 0 Å². The number of hydrogen-bond donors (Lipinski definition) is 2. The lowest BCUT2D eigenvalue weighted by atomic mass is 10.1. The van der Waals surface area contributed by atoms with E-state index in [-0.39, 0.29) is 17.1 Å². The van der Waals surface area contributed by atoms with E-state index in [0.29, 0.717) is 0 Å². The van der Waals surface area contributed by atoms with E-state index in [1.807, 2.05) is 0 Å². The van der Waals surface area contributed by atoms with E-state index in [0.717, 1.165) is 6.07 Å². The van der Waals surface area contributed by atoms with Crippen LogP contribution in [0.15, 0.2) is 18.2 Å². The van der Waals surface area contributed by atoms with Crippen LogP contribution in [-0.2, 0) is 5.92 Å². The normalized spacial score (nSPS) is 11.5. The standard InChI is InChI=1S/C10H13F2NO2/c1-13-6-10(11,12)7-3-4-9(15-2)8(14)5-7/h3-5,13-14H,6H2,1-2H3. The largest absolute Gasteiger partial charge is 0.504 e. The van der Waals surface area contributed by atoms with Crippen molar-refractivity contribution in [1.82, 2.24) is 5.32 Å². The smallest absolute Gasteiger partial charge is 0.285 e. The van der Waals surface area contributed by atoms with Gasteiger partial charge in [-0.15, -0.1) is 0 Å². The molecule has 0 atom stereocenters. The summed E-state index contributed by atoms with van der Waals surface area (Å²) in [5.41, 5.74) is -0.241. The van der Waals surface area contributed by atoms with Crippen molar-refractivity contribution in [3.63, 3.8) is 0 Å². The minimum absolute atomic E-state index is 0.180. The molecule has 0 saturated heterocycles. The van der Waals surface area contributed by atoms with Crippen LogP contribution in [0.4, 0.5) is 8.78 Å². The lowest BCUT2D eigenvalue weighted by molar-refractivity contribution is -0.00149. The van der Waals surface area contributed by atoms with Gasteiger partial charge < -0.3 is 15.2 Å². The molecule has 0 aliphatic carbocycles. The quantitative estimate of drug-likeness (QED) is 0.806. The maximum Gasteiger partial charge on any atom is 0.285 e. The number of benzene rings is 1. The summed E-state index contributed by atoms with van der Waals surface area (Å²) in [5, 5.41) is 11.7. The lowest BCUT2D eigenvalue weighted by Gasteiger charge is -2.16. The minimum Gasteiger partial charge on any atom is -0.504 e. The molecule has 0 saturated carbocycles. The summed E-state index contributed by atoms with van der Waals surface area (Å²) in [6, 6.07) is 3.56. The van der Waals surface area contributed by atoms with Crippen LogP contribution in [0.3, 0.4) is 0 Å². The molecule has 0 spiro atoms. The number of likely N-dealkylation sites (N-methyl/N-ethyl adjacent to an activating group) is 1. The number of methoxy groups -OCH3 is 1. The molecule has 2 N–H and O–H groups in total. The summed E-state index contributed by atoms with van der Waals surface area (Å²) in [4.78, 5) is 0. The van der Waals surface area contributed by atoms with E-state index in [1.54, 1.807) is 0 Å². The Hall–Kier alpha value is -1.36. The van der Waals surface area contributed by atoms with Gasteiger partial charge in [0.25, 0.3) is 5.92 Å². The Morgan fingerprint density at radius 2 is 2.13 bits per heavy atom. The molecule has 0 aromatic heterocycles. The average molecular weight is 217 g/mol. The van der Waals surface area contributed by atoms with Crippen LogP contribution in [-0.4, -0.2) is 25.8 Å². The van der Waals surface area contributed by atoms with Crippen molar-refractivity contribution in [3.05, 3.63) is 23.8 Å². The van der Waals surface area contributed by atoms with Crippen LogP contribution in [0.25, 0.3) is 0 Å². The van der Waals surface area contributed by atoms with Crippen molar-refractivity contribution in [2.24, 2.45) is 0 Å². The number of hydrogen-bond acceptors (Lipinski definition) is 3. The van der Waals surface area contributed by atoms with E-state index in [4.69, 9.17) is 4.74 Å². The summed E-state index contributed by atoms with van der Waals surface area (Å²) in [5.74, 6) is -3.11. The van der Waals surface area contributed by atoms with Gasteiger partial charge in [0, 0.05) is 5.56 Å². The molecule has 15 heavy (non-hydrogen) atoms. The predicted octanol–water partition coefficient (Wildman–Crippen LogP) is 1.71. The van der Waals surface area contributed by atoms with Gasteiger partial charge in [-0.05, 0) is 25.2 Å². The molecule has 5 heteroatoms. The first kappa shape index (κ1) is 11.7. The SMILES string of the molecule is CNCC(F)(F)c1ccc(OC)c(O)c1. The molecule has 0 aliphatic heterocycles. The van der Waals surface area contributed by atoms with Gasteiger partial charge >= 0.3 is 0 Å². The number of alkyl halides is 2. The summed E-state index contributed by atoms with van der Waals surface area (Å²) in [7, 11) is 2.80. The Bertz CT molecular complexity index is 342. The fourth-order valence-corrected chi connectivity index (χ4v) is 1.24. The number of halogens is 2. The third-order valence-corrected chi connectivity index (χ3v) is 2.00. The summed E-state index contributed by atoms with van der Waals surface area (Å²) in [6.45, 7) is -0.473. The first-order valence-electron chi connectivity index (χ1n) is 4.41. The molecular weight excluding hydrogens is 204 g/mol. The third kappa shape index (κ3) is 2.56. The highest BCUT2D eigenvalue weighted by molar-refractivity contribution is 5.43. The second-order valence-corrected chi connectivity index (χ2v) is 3.12. The monoisotopic (exact) mass is 217 g/mol. The van der Waals surface area contributed by atoms with Crippen molar-refractivity contribution in [3.8, 4) is 11.5 Å². The van der Waals surface area contributed by atoms with Crippen molar-refractivity contribution in [1.29, 1.82) is 0 Å². The van der Waals surface area contributed by atoms with Gasteiger partial charge in [0.15, 0.2) is 11.5 Å². The molecule has 0 heterocycles. The minimum atomic E-state index is -3.00. The Kier molecular flexibility index (Phi) is 3.47. The average Bonchev–Trinajstić information content (AvgIpc) is 2.17. The Balaban J connectivity index is 3.01. The number of nitrogens with one attached hydrogen (secondary N) is 1. The number of aromatic hydroxyl groups is 1. The van der Waals surface area contributed by atoms with Gasteiger partial charge in [0.2, 0.25) is 0 Å². The van der Waals surface area contributed by atoms with Crippen molar-refractivity contribution >= 4 is 0 Å². The number of phenols is 1. The number of ether oxygens (including phenoxy) is 1. The van der Waals surface area contributed by atoms with Gasteiger partial charge in [-0.1, -0.05) is 0 Å². The molecule has 1 aromatic carbocycles. The molecule has 0 bridgehead atoms. The summed E-state index contributed by atoms with van der Waals surface area (Å²) < 4.78 is 31.5. The highest BCUT2D eigenvalue weighted by Gasteiger charge is 2.31. The topological polar surface area (TPSA) is 41.5 Å². The van der Waals surface area contributed by atoms with Crippen molar-refractivity contribution in [2.75, 3.05) is 20.7 Å². The van der Waals surface area contributed by atoms with Gasteiger partial charge in [-0.2, -0.15) is 8.78 Å². The maximum absolute atomic E-state index is 13.4. The molecule has 84 valence electrons. The Morgan fingerprint density at radius 3 is 2.60 bits per heavy atom. The number of phenolic OH excluding ortho intramolecular Hbond substituents is 1. The molecule has 0 aliphatic rings. The van der Waals surface area contributed by atoms with Crippen LogP contribution < -0.4 is 10.1 Å². The second-order valence-electron chi connectivity index (χ2n) is 3.12. The van der Waals surface area contributed by atoms with Gasteiger partial charge in [0.1, 0.15) is 0 Å².